The molecule has 1 aliphatic heterocycles. The van der Waals surface area contributed by atoms with E-state index in [4.69, 9.17) is 0 Å². The number of carbonyl (C=O) groups excluding carboxylic acids is 1. The highest BCUT2D eigenvalue weighted by molar-refractivity contribution is 7.13. The molecule has 1 saturated heterocycles. The molecule has 2 N–H and O–H groups in total. The second-order valence-corrected chi connectivity index (χ2v) is 6.47. The van der Waals surface area contributed by atoms with Gasteiger partial charge in [-0.05, 0) is 24.5 Å². The van der Waals surface area contributed by atoms with E-state index in [1.165, 1.54) is 37.0 Å². The molecule has 6 nitrogen and oxygen atoms in total. The summed E-state index contributed by atoms with van der Waals surface area (Å²) < 4.78 is 0. The molecule has 0 aromatic carbocycles. The summed E-state index contributed by atoms with van der Waals surface area (Å²) in [6, 6.07) is 3.81. The number of nitrogens with one attached hydrogen (secondary N) is 2. The number of carbonyl (C=O) groups is 1. The van der Waals surface area contributed by atoms with Crippen LogP contribution in [0.1, 0.15) is 31.2 Å². The van der Waals surface area contributed by atoms with Crippen LogP contribution in [0, 0.1) is 0 Å². The van der Waals surface area contributed by atoms with Gasteiger partial charge in [-0.1, -0.05) is 18.9 Å². The summed E-state index contributed by atoms with van der Waals surface area (Å²) in [5.74, 6) is 1.03. The number of anilines is 2. The lowest BCUT2D eigenvalue weighted by atomic mass is 10.2. The molecule has 0 aliphatic carbocycles. The fourth-order valence-corrected chi connectivity index (χ4v) is 3.14. The SMILES string of the molecule is O=C(NCc1ccc(N2CCCCCC2)nc1)Nc1nccs1. The smallest absolute Gasteiger partial charge is 0.321 e. The van der Waals surface area contributed by atoms with E-state index in [0.29, 0.717) is 11.7 Å². The van der Waals surface area contributed by atoms with Gasteiger partial charge in [0.25, 0.3) is 0 Å². The number of amides is 2. The van der Waals surface area contributed by atoms with Crippen molar-refractivity contribution in [2.75, 3.05) is 23.3 Å². The molecule has 0 spiro atoms. The highest BCUT2D eigenvalue weighted by Crippen LogP contribution is 2.17. The fraction of sp³-hybridized carbons (Fsp3) is 0.438. The van der Waals surface area contributed by atoms with Crippen molar-refractivity contribution in [3.8, 4) is 0 Å². The van der Waals surface area contributed by atoms with Gasteiger partial charge in [-0.15, -0.1) is 11.3 Å². The van der Waals surface area contributed by atoms with E-state index in [2.05, 4.69) is 25.5 Å². The molecule has 3 heterocycles. The predicted molar refractivity (Wildman–Crippen MR) is 92.9 cm³/mol. The molecule has 1 aliphatic rings. The van der Waals surface area contributed by atoms with Crippen LogP contribution >= 0.6 is 11.3 Å². The number of aromatic nitrogens is 2. The van der Waals surface area contributed by atoms with Crippen LogP contribution < -0.4 is 15.5 Å². The largest absolute Gasteiger partial charge is 0.357 e. The topological polar surface area (TPSA) is 70.2 Å². The second kappa shape index (κ2) is 7.92. The van der Waals surface area contributed by atoms with Crippen molar-refractivity contribution < 1.29 is 4.79 Å². The second-order valence-electron chi connectivity index (χ2n) is 5.57. The molecule has 0 bridgehead atoms. The van der Waals surface area contributed by atoms with Gasteiger partial charge >= 0.3 is 6.03 Å². The highest BCUT2D eigenvalue weighted by atomic mass is 32.1. The van der Waals surface area contributed by atoms with Crippen LogP contribution in [0.2, 0.25) is 0 Å². The zero-order valence-corrected chi connectivity index (χ0v) is 13.8. The first-order chi connectivity index (χ1) is 11.3. The third-order valence-electron chi connectivity index (χ3n) is 3.85. The summed E-state index contributed by atoms with van der Waals surface area (Å²) in [5, 5.41) is 7.92. The van der Waals surface area contributed by atoms with Crippen molar-refractivity contribution in [3.05, 3.63) is 35.5 Å². The van der Waals surface area contributed by atoms with Gasteiger partial charge in [-0.2, -0.15) is 0 Å². The van der Waals surface area contributed by atoms with E-state index in [0.717, 1.165) is 24.5 Å². The van der Waals surface area contributed by atoms with Crippen molar-refractivity contribution in [2.24, 2.45) is 0 Å². The maximum atomic E-state index is 11.8. The Labute approximate surface area is 140 Å². The normalized spacial score (nSPS) is 15.0. The van der Waals surface area contributed by atoms with Gasteiger partial charge in [0.1, 0.15) is 5.82 Å². The summed E-state index contributed by atoms with van der Waals surface area (Å²) in [6.45, 7) is 2.62. The number of rotatable bonds is 4. The van der Waals surface area contributed by atoms with Crippen LogP contribution in [0.15, 0.2) is 29.9 Å². The summed E-state index contributed by atoms with van der Waals surface area (Å²) in [6.07, 6.45) is 8.60. The third kappa shape index (κ3) is 4.66. The Morgan fingerprint density at radius 1 is 1.17 bits per heavy atom. The van der Waals surface area contributed by atoms with Gasteiger partial charge in [-0.25, -0.2) is 14.8 Å². The number of hydrogen-bond acceptors (Lipinski definition) is 5. The fourth-order valence-electron chi connectivity index (χ4n) is 2.62. The zero-order chi connectivity index (χ0) is 15.9. The third-order valence-corrected chi connectivity index (χ3v) is 4.53. The van der Waals surface area contributed by atoms with E-state index < -0.39 is 0 Å². The minimum Gasteiger partial charge on any atom is -0.357 e. The molecule has 2 aromatic heterocycles. The van der Waals surface area contributed by atoms with Crippen molar-refractivity contribution >= 4 is 28.3 Å². The molecule has 0 saturated carbocycles. The maximum absolute atomic E-state index is 11.8. The lowest BCUT2D eigenvalue weighted by molar-refractivity contribution is 0.251. The Kier molecular flexibility index (Phi) is 5.42. The predicted octanol–water partition coefficient (Wildman–Crippen LogP) is 3.24. The zero-order valence-electron chi connectivity index (χ0n) is 13.0. The Bertz CT molecular complexity index is 606. The van der Waals surface area contributed by atoms with Crippen LogP contribution in [0.5, 0.6) is 0 Å². The van der Waals surface area contributed by atoms with Gasteiger partial charge in [0.05, 0.1) is 0 Å². The summed E-state index contributed by atoms with van der Waals surface area (Å²) in [5.41, 5.74) is 0.984. The number of pyridine rings is 1. The van der Waals surface area contributed by atoms with Crippen molar-refractivity contribution in [1.29, 1.82) is 0 Å². The van der Waals surface area contributed by atoms with Crippen LogP contribution in [0.3, 0.4) is 0 Å². The molecule has 3 rings (SSSR count). The average molecular weight is 331 g/mol. The summed E-state index contributed by atoms with van der Waals surface area (Å²) >= 11 is 1.39. The molecule has 0 atom stereocenters. The first-order valence-electron chi connectivity index (χ1n) is 7.95. The van der Waals surface area contributed by atoms with E-state index in [9.17, 15) is 4.79 Å². The first-order valence-corrected chi connectivity index (χ1v) is 8.83. The lowest BCUT2D eigenvalue weighted by Gasteiger charge is -2.21. The van der Waals surface area contributed by atoms with E-state index in [1.807, 2.05) is 23.7 Å². The number of hydrogen-bond donors (Lipinski definition) is 2. The molecule has 0 radical (unpaired) electrons. The molecule has 7 heteroatoms. The molecule has 122 valence electrons. The number of thiazole rings is 1. The molecular formula is C16H21N5OS. The molecule has 2 amide bonds. The van der Waals surface area contributed by atoms with Gasteiger partial charge in [0.15, 0.2) is 5.13 Å². The summed E-state index contributed by atoms with van der Waals surface area (Å²) in [4.78, 5) is 22.7. The van der Waals surface area contributed by atoms with Crippen LogP contribution in [-0.4, -0.2) is 29.1 Å². The standard InChI is InChI=1S/C16H21N5OS/c22-15(20-16-17-7-10-23-16)19-12-13-5-6-14(18-11-13)21-8-3-1-2-4-9-21/h5-7,10-11H,1-4,8-9,12H2,(H2,17,19,20,22). The van der Waals surface area contributed by atoms with Crippen molar-refractivity contribution in [1.82, 2.24) is 15.3 Å². The maximum Gasteiger partial charge on any atom is 0.321 e. The minimum atomic E-state index is -0.253. The Hall–Kier alpha value is -2.15. The Morgan fingerprint density at radius 2 is 2.00 bits per heavy atom. The van der Waals surface area contributed by atoms with Crippen LogP contribution in [0.4, 0.5) is 15.7 Å². The van der Waals surface area contributed by atoms with Crippen LogP contribution in [-0.2, 0) is 6.54 Å². The quantitative estimate of drug-likeness (QED) is 0.902. The number of nitrogens with zero attached hydrogens (tertiary/aromatic N) is 3. The van der Waals surface area contributed by atoms with Crippen LogP contribution in [0.25, 0.3) is 0 Å². The van der Waals surface area contributed by atoms with Gasteiger partial charge < -0.3 is 10.2 Å². The Balaban J connectivity index is 1.50. The van der Waals surface area contributed by atoms with Gasteiger partial charge in [0.2, 0.25) is 0 Å². The first kappa shape index (κ1) is 15.7. The van der Waals surface area contributed by atoms with E-state index in [-0.39, 0.29) is 6.03 Å². The van der Waals surface area contributed by atoms with E-state index >= 15 is 0 Å². The molecule has 23 heavy (non-hydrogen) atoms. The molecule has 2 aromatic rings. The molecule has 0 unspecified atom stereocenters. The van der Waals surface area contributed by atoms with Crippen molar-refractivity contribution in [2.45, 2.75) is 32.2 Å². The van der Waals surface area contributed by atoms with Gasteiger partial charge in [-0.3, -0.25) is 5.32 Å². The highest BCUT2D eigenvalue weighted by Gasteiger charge is 2.11. The minimum absolute atomic E-state index is 0.253. The Morgan fingerprint density at radius 3 is 2.65 bits per heavy atom. The monoisotopic (exact) mass is 331 g/mol. The van der Waals surface area contributed by atoms with E-state index in [1.54, 1.807) is 6.20 Å². The number of urea groups is 1. The molecule has 1 fully saturated rings. The molecular weight excluding hydrogens is 310 g/mol. The van der Waals surface area contributed by atoms with Crippen molar-refractivity contribution in [3.63, 3.8) is 0 Å². The average Bonchev–Trinajstić information content (AvgIpc) is 2.93. The summed E-state index contributed by atoms with van der Waals surface area (Å²) in [7, 11) is 0. The van der Waals surface area contributed by atoms with Gasteiger partial charge in [0, 0.05) is 37.4 Å². The lowest BCUT2D eigenvalue weighted by Crippen LogP contribution is -2.28.